The number of ether oxygens (including phenoxy) is 3. The van der Waals surface area contributed by atoms with Crippen LogP contribution in [0, 0.1) is 56.7 Å². The third kappa shape index (κ3) is 7.65. The number of aliphatic hydroxyl groups is 1. The molecular weight excluding hydrogens is 813 g/mol. The van der Waals surface area contributed by atoms with Crippen molar-refractivity contribution in [2.45, 2.75) is 131 Å². The maximum absolute atomic E-state index is 14.5. The van der Waals surface area contributed by atoms with Gasteiger partial charge in [0.25, 0.3) is 11.8 Å². The topological polar surface area (TPSA) is 173 Å². The van der Waals surface area contributed by atoms with E-state index in [0.29, 0.717) is 82.1 Å². The largest absolute Gasteiger partial charge is 0.393 e. The number of carbonyl (C=O) groups excluding carboxylic acids is 5. The summed E-state index contributed by atoms with van der Waals surface area (Å²) >= 11 is 0. The van der Waals surface area contributed by atoms with Crippen LogP contribution in [-0.2, 0) is 28.6 Å². The van der Waals surface area contributed by atoms with E-state index in [1.54, 1.807) is 23.8 Å². The highest BCUT2D eigenvalue weighted by molar-refractivity contribution is 6.25. The van der Waals surface area contributed by atoms with E-state index in [4.69, 9.17) is 14.2 Å². The lowest BCUT2D eigenvalue weighted by Crippen LogP contribution is -2.66. The number of anilines is 1. The molecule has 13 heteroatoms. The minimum Gasteiger partial charge on any atom is -0.393 e. The van der Waals surface area contributed by atoms with E-state index in [9.17, 15) is 29.1 Å². The van der Waals surface area contributed by atoms with E-state index >= 15 is 0 Å². The molecule has 8 rings (SSSR count). The van der Waals surface area contributed by atoms with Crippen molar-refractivity contribution in [3.05, 3.63) is 41.0 Å². The average Bonchev–Trinajstić information content (AvgIpc) is 3.51. The number of hydrogen-bond acceptors (Lipinski definition) is 10. The van der Waals surface area contributed by atoms with Crippen LogP contribution in [0.2, 0.25) is 0 Å². The molecule has 1 aromatic carbocycles. The molecule has 2 aliphatic heterocycles. The van der Waals surface area contributed by atoms with E-state index < -0.39 is 35.1 Å². The Morgan fingerprint density at radius 3 is 2.23 bits per heavy atom. The summed E-state index contributed by atoms with van der Waals surface area (Å²) in [6.07, 6.45) is 12.0. The second-order valence-corrected chi connectivity index (χ2v) is 21.9. The van der Waals surface area contributed by atoms with Crippen LogP contribution >= 0.6 is 0 Å². The molecule has 4 N–H and O–H groups in total. The second kappa shape index (κ2) is 17.9. The average molecular weight is 887 g/mol. The van der Waals surface area contributed by atoms with E-state index in [1.807, 2.05) is 0 Å². The molecular formula is C51H74N4O9. The van der Waals surface area contributed by atoms with Crippen molar-refractivity contribution in [2.24, 2.45) is 56.7 Å². The molecule has 5 aliphatic carbocycles. The minimum absolute atomic E-state index is 0.0484. The lowest BCUT2D eigenvalue weighted by Gasteiger charge is -2.71. The van der Waals surface area contributed by atoms with Crippen LogP contribution in [0.3, 0.4) is 0 Å². The van der Waals surface area contributed by atoms with Crippen LogP contribution in [0.15, 0.2) is 29.8 Å². The molecule has 0 aromatic heterocycles. The number of hydrogen-bond donors (Lipinski definition) is 4. The van der Waals surface area contributed by atoms with Gasteiger partial charge in [-0.1, -0.05) is 66.2 Å². The lowest BCUT2D eigenvalue weighted by atomic mass is 9.33. The summed E-state index contributed by atoms with van der Waals surface area (Å²) in [6, 6.07) is 3.94. The molecule has 13 nitrogen and oxygen atoms in total. The zero-order chi connectivity index (χ0) is 45.8. The molecule has 5 fully saturated rings. The van der Waals surface area contributed by atoms with Crippen LogP contribution in [0.5, 0.6) is 0 Å². The van der Waals surface area contributed by atoms with Crippen molar-refractivity contribution >= 4 is 35.2 Å². The van der Waals surface area contributed by atoms with Gasteiger partial charge in [-0.05, 0) is 128 Å². The molecule has 64 heavy (non-hydrogen) atoms. The van der Waals surface area contributed by atoms with Gasteiger partial charge in [0.2, 0.25) is 17.7 Å². The SMILES string of the molecule is C[C@H]1[C@H](C)CC[C@]2(C(=O)NCCOCCOCCOCCNc3cccc4c3C(=O)N(C3CCC(=O)NC3=O)C4=O)CC[C@]3(C)C(=CC[C@@H]4[C@@]5(C)CC[C@H](O)C(C)(C)C5CC[C@]43C)[C@H]12. The van der Waals surface area contributed by atoms with E-state index in [-0.39, 0.29) is 63.6 Å². The first-order valence-corrected chi connectivity index (χ1v) is 24.4. The molecule has 4 saturated carbocycles. The van der Waals surface area contributed by atoms with Crippen LogP contribution < -0.4 is 16.0 Å². The maximum Gasteiger partial charge on any atom is 0.264 e. The third-order valence-electron chi connectivity index (χ3n) is 18.7. The fourth-order valence-electron chi connectivity index (χ4n) is 14.7. The Morgan fingerprint density at radius 1 is 0.812 bits per heavy atom. The van der Waals surface area contributed by atoms with Gasteiger partial charge in [-0.3, -0.25) is 34.2 Å². The number of allylic oxidation sites excluding steroid dienone is 2. The van der Waals surface area contributed by atoms with Gasteiger partial charge in [0, 0.05) is 25.2 Å². The molecule has 1 aromatic rings. The van der Waals surface area contributed by atoms with Gasteiger partial charge in [-0.2, -0.15) is 0 Å². The predicted octanol–water partition coefficient (Wildman–Crippen LogP) is 6.68. The van der Waals surface area contributed by atoms with Gasteiger partial charge < -0.3 is 30.0 Å². The Labute approximate surface area is 379 Å². The molecule has 0 spiro atoms. The van der Waals surface area contributed by atoms with Gasteiger partial charge in [-0.25, -0.2) is 0 Å². The first-order valence-electron chi connectivity index (χ1n) is 24.4. The monoisotopic (exact) mass is 887 g/mol. The number of piperidine rings is 1. The van der Waals surface area contributed by atoms with Crippen molar-refractivity contribution < 1.29 is 43.3 Å². The summed E-state index contributed by atoms with van der Waals surface area (Å²) < 4.78 is 17.3. The van der Waals surface area contributed by atoms with Gasteiger partial charge in [0.15, 0.2) is 0 Å². The Kier molecular flexibility index (Phi) is 13.1. The highest BCUT2D eigenvalue weighted by atomic mass is 16.5. The number of nitrogens with zero attached hydrogens (tertiary/aromatic N) is 1. The van der Waals surface area contributed by atoms with Crippen molar-refractivity contribution in [3.63, 3.8) is 0 Å². The number of fused-ring (bicyclic) bond motifs is 8. The summed E-state index contributed by atoms with van der Waals surface area (Å²) in [7, 11) is 0. The summed E-state index contributed by atoms with van der Waals surface area (Å²) in [5.74, 6) is 0.363. The van der Waals surface area contributed by atoms with E-state index in [0.717, 1.165) is 49.8 Å². The number of amides is 5. The minimum atomic E-state index is -1.02. The summed E-state index contributed by atoms with van der Waals surface area (Å²) in [5.41, 5.74) is 2.43. The summed E-state index contributed by atoms with van der Waals surface area (Å²) in [4.78, 5) is 65.9. The van der Waals surface area contributed by atoms with Crippen molar-refractivity contribution in [1.82, 2.24) is 15.5 Å². The lowest BCUT2D eigenvalue weighted by molar-refractivity contribution is -0.204. The number of aliphatic hydroxyl groups excluding tert-OH is 1. The summed E-state index contributed by atoms with van der Waals surface area (Å²) in [6.45, 7) is 20.3. The fraction of sp³-hybridized carbons (Fsp3) is 0.745. The van der Waals surface area contributed by atoms with Gasteiger partial charge in [0.1, 0.15) is 6.04 Å². The highest BCUT2D eigenvalue weighted by Crippen LogP contribution is 2.75. The number of benzene rings is 1. The normalized spacial score (nSPS) is 37.7. The number of rotatable bonds is 15. The smallest absolute Gasteiger partial charge is 0.264 e. The first kappa shape index (κ1) is 46.9. The summed E-state index contributed by atoms with van der Waals surface area (Å²) in [5, 5.41) is 19.9. The molecule has 5 amide bonds. The highest BCUT2D eigenvalue weighted by Gasteiger charge is 2.69. The van der Waals surface area contributed by atoms with E-state index in [2.05, 4.69) is 70.5 Å². The zero-order valence-electron chi connectivity index (χ0n) is 39.4. The van der Waals surface area contributed by atoms with Crippen LogP contribution in [0.25, 0.3) is 0 Å². The second-order valence-electron chi connectivity index (χ2n) is 21.9. The van der Waals surface area contributed by atoms with Crippen molar-refractivity contribution in [2.75, 3.05) is 58.0 Å². The molecule has 352 valence electrons. The Morgan fingerprint density at radius 2 is 1.52 bits per heavy atom. The standard InChI is InChI=1S/C51H74N4O9/c1-31-15-20-51(22-21-49(6)34(42(51)32(31)2)11-13-38-48(5)18-17-39(56)47(3,4)37(48)16-19-50(38,49)7)46(61)53-24-26-63-28-30-64-29-27-62-25-23-52-35-10-8-9-33-41(35)45(60)55(44(33)59)36-12-14-40(57)54-43(36)58/h8-11,31-32,36-39,42,52,56H,12-30H2,1-7H3,(H,53,61)(H,54,57,58)/t31-,32+,36?,37?,38-,39+,42+,48+,49-,50-,51+/m1/s1. The Hall–Kier alpha value is -3.65. The van der Waals surface area contributed by atoms with Gasteiger partial charge in [-0.15, -0.1) is 0 Å². The molecule has 2 unspecified atom stereocenters. The fourth-order valence-corrected chi connectivity index (χ4v) is 14.7. The molecule has 2 heterocycles. The van der Waals surface area contributed by atoms with E-state index in [1.165, 1.54) is 12.8 Å². The predicted molar refractivity (Wildman–Crippen MR) is 242 cm³/mol. The molecule has 7 aliphatic rings. The quantitative estimate of drug-likeness (QED) is 0.0846. The Bertz CT molecular complexity index is 2040. The number of carbonyl (C=O) groups is 5. The molecule has 11 atom stereocenters. The Balaban J connectivity index is 0.764. The molecule has 1 saturated heterocycles. The van der Waals surface area contributed by atoms with Crippen LogP contribution in [-0.4, -0.2) is 104 Å². The van der Waals surface area contributed by atoms with Crippen molar-refractivity contribution in [1.29, 1.82) is 0 Å². The zero-order valence-corrected chi connectivity index (χ0v) is 39.4. The molecule has 0 bridgehead atoms. The number of imide groups is 2. The van der Waals surface area contributed by atoms with Crippen molar-refractivity contribution in [3.8, 4) is 0 Å². The van der Waals surface area contributed by atoms with Crippen LogP contribution in [0.4, 0.5) is 5.69 Å². The molecule has 0 radical (unpaired) electrons. The van der Waals surface area contributed by atoms with Crippen LogP contribution in [0.1, 0.15) is 140 Å². The first-order chi connectivity index (χ1) is 30.4. The maximum atomic E-state index is 14.5. The third-order valence-corrected chi connectivity index (χ3v) is 18.7. The van der Waals surface area contributed by atoms with Gasteiger partial charge >= 0.3 is 0 Å². The number of nitrogens with one attached hydrogen (secondary N) is 3. The van der Waals surface area contributed by atoms with Gasteiger partial charge in [0.05, 0.1) is 62.3 Å².